The number of hydrogen-bond acceptors (Lipinski definition) is 5. The Bertz CT molecular complexity index is 615. The number of nitrogens with zero attached hydrogens (tertiary/aromatic N) is 3. The highest BCUT2D eigenvalue weighted by Gasteiger charge is 2.14. The van der Waals surface area contributed by atoms with E-state index >= 15 is 0 Å². The van der Waals surface area contributed by atoms with Crippen LogP contribution in [0.2, 0.25) is 0 Å². The van der Waals surface area contributed by atoms with Crippen molar-refractivity contribution in [2.75, 3.05) is 20.0 Å². The average Bonchev–Trinajstić information content (AvgIpc) is 2.89. The van der Waals surface area contributed by atoms with Gasteiger partial charge in [0.1, 0.15) is 12.4 Å². The summed E-state index contributed by atoms with van der Waals surface area (Å²) >= 11 is 1.42. The number of carbonyl (C=O) groups excluding carboxylic acids is 1. The van der Waals surface area contributed by atoms with Crippen molar-refractivity contribution in [3.05, 3.63) is 35.9 Å². The van der Waals surface area contributed by atoms with Crippen molar-refractivity contribution >= 4 is 17.7 Å². The zero-order chi connectivity index (χ0) is 15.2. The molecule has 21 heavy (non-hydrogen) atoms. The maximum absolute atomic E-state index is 13.0. The van der Waals surface area contributed by atoms with E-state index in [1.54, 1.807) is 16.7 Å². The molecule has 6 nitrogen and oxygen atoms in total. The highest BCUT2D eigenvalue weighted by molar-refractivity contribution is 7.98. The molecule has 1 amide bonds. The van der Waals surface area contributed by atoms with Gasteiger partial charge in [-0.3, -0.25) is 9.36 Å². The van der Waals surface area contributed by atoms with Crippen molar-refractivity contribution in [1.29, 1.82) is 0 Å². The van der Waals surface area contributed by atoms with Crippen molar-refractivity contribution in [3.8, 4) is 5.69 Å². The molecule has 0 aliphatic rings. The number of amides is 1. The van der Waals surface area contributed by atoms with Gasteiger partial charge in [-0.25, -0.2) is 4.39 Å². The summed E-state index contributed by atoms with van der Waals surface area (Å²) in [5.74, 6) is 0.0137. The number of ether oxygens (including phenoxy) is 1. The molecule has 0 aliphatic carbocycles. The first kappa shape index (κ1) is 15.5. The number of thioether (sulfide) groups is 1. The number of rotatable bonds is 6. The van der Waals surface area contributed by atoms with Gasteiger partial charge in [0, 0.05) is 12.8 Å². The molecule has 1 aromatic carbocycles. The minimum atomic E-state index is -0.313. The molecule has 1 N–H and O–H groups in total. The summed E-state index contributed by atoms with van der Waals surface area (Å²) in [6.07, 6.45) is 1.87. The number of hydrogen-bond donors (Lipinski definition) is 1. The van der Waals surface area contributed by atoms with Crippen molar-refractivity contribution in [3.63, 3.8) is 0 Å². The van der Waals surface area contributed by atoms with E-state index in [9.17, 15) is 9.18 Å². The molecule has 1 heterocycles. The number of halogens is 1. The Morgan fingerprint density at radius 1 is 1.38 bits per heavy atom. The molecule has 0 saturated carbocycles. The smallest absolute Gasteiger partial charge is 0.246 e. The predicted molar refractivity (Wildman–Crippen MR) is 76.8 cm³/mol. The van der Waals surface area contributed by atoms with Gasteiger partial charge in [0.05, 0.1) is 6.54 Å². The fourth-order valence-corrected chi connectivity index (χ4v) is 2.27. The van der Waals surface area contributed by atoms with Crippen LogP contribution in [-0.4, -0.2) is 40.6 Å². The van der Waals surface area contributed by atoms with Crippen molar-refractivity contribution in [1.82, 2.24) is 20.1 Å². The van der Waals surface area contributed by atoms with E-state index in [2.05, 4.69) is 15.5 Å². The van der Waals surface area contributed by atoms with Crippen molar-refractivity contribution in [2.45, 2.75) is 11.7 Å². The Hall–Kier alpha value is -1.93. The van der Waals surface area contributed by atoms with Gasteiger partial charge in [-0.2, -0.15) is 0 Å². The largest absolute Gasteiger partial charge is 0.375 e. The van der Waals surface area contributed by atoms with Gasteiger partial charge in [0.25, 0.3) is 0 Å². The molecule has 1 aromatic heterocycles. The zero-order valence-corrected chi connectivity index (χ0v) is 12.5. The second-order valence-electron chi connectivity index (χ2n) is 4.12. The van der Waals surface area contributed by atoms with Gasteiger partial charge in [-0.1, -0.05) is 11.8 Å². The molecule has 0 aliphatic heterocycles. The quantitative estimate of drug-likeness (QED) is 0.817. The van der Waals surface area contributed by atoms with Crippen LogP contribution in [0.15, 0.2) is 29.4 Å². The SMILES string of the molecule is COCC(=O)NCc1nnc(SC)n1-c1ccc(F)cc1. The van der Waals surface area contributed by atoms with E-state index in [4.69, 9.17) is 4.74 Å². The van der Waals surface area contributed by atoms with Crippen molar-refractivity contribution < 1.29 is 13.9 Å². The molecule has 0 radical (unpaired) electrons. The van der Waals surface area contributed by atoms with Crippen molar-refractivity contribution in [2.24, 2.45) is 0 Å². The van der Waals surface area contributed by atoms with Crippen LogP contribution in [0.1, 0.15) is 5.82 Å². The standard InChI is InChI=1S/C13H15FN4O2S/c1-20-8-12(19)15-7-11-16-17-13(21-2)18(11)10-5-3-9(14)4-6-10/h3-6H,7-8H2,1-2H3,(H,15,19). The molecule has 0 spiro atoms. The van der Waals surface area contributed by atoms with E-state index in [1.165, 1.54) is 31.0 Å². The number of aromatic nitrogens is 3. The van der Waals surface area contributed by atoms with Crippen LogP contribution >= 0.6 is 11.8 Å². The van der Waals surface area contributed by atoms with E-state index < -0.39 is 0 Å². The molecule has 0 bridgehead atoms. The molecule has 0 saturated heterocycles. The number of nitrogens with one attached hydrogen (secondary N) is 1. The lowest BCUT2D eigenvalue weighted by atomic mass is 10.3. The van der Waals surface area contributed by atoms with Crippen LogP contribution < -0.4 is 5.32 Å². The first-order valence-corrected chi connectivity index (χ1v) is 7.38. The molecule has 2 aromatic rings. The lowest BCUT2D eigenvalue weighted by molar-refractivity contribution is -0.124. The molecular weight excluding hydrogens is 295 g/mol. The Morgan fingerprint density at radius 3 is 2.71 bits per heavy atom. The predicted octanol–water partition coefficient (Wildman–Crippen LogP) is 1.39. The number of benzene rings is 1. The van der Waals surface area contributed by atoms with Gasteiger partial charge in [0.15, 0.2) is 11.0 Å². The van der Waals surface area contributed by atoms with Crippen LogP contribution in [0.3, 0.4) is 0 Å². The molecule has 0 atom stereocenters. The summed E-state index contributed by atoms with van der Waals surface area (Å²) in [6, 6.07) is 6.01. The van der Waals surface area contributed by atoms with Crippen LogP contribution in [0.4, 0.5) is 4.39 Å². The molecule has 0 fully saturated rings. The highest BCUT2D eigenvalue weighted by Crippen LogP contribution is 2.20. The van der Waals surface area contributed by atoms with E-state index in [0.29, 0.717) is 11.0 Å². The van der Waals surface area contributed by atoms with Crippen LogP contribution in [0, 0.1) is 5.82 Å². The molecular formula is C13H15FN4O2S. The lowest BCUT2D eigenvalue weighted by Crippen LogP contribution is -2.27. The summed E-state index contributed by atoms with van der Waals surface area (Å²) in [6.45, 7) is 0.202. The second kappa shape index (κ2) is 7.19. The monoisotopic (exact) mass is 310 g/mol. The molecule has 112 valence electrons. The normalized spacial score (nSPS) is 10.6. The van der Waals surface area contributed by atoms with Gasteiger partial charge < -0.3 is 10.1 Å². The summed E-state index contributed by atoms with van der Waals surface area (Å²) in [7, 11) is 1.45. The molecule has 8 heteroatoms. The summed E-state index contributed by atoms with van der Waals surface area (Å²) < 4.78 is 19.6. The third kappa shape index (κ3) is 3.79. The minimum absolute atomic E-state index is 0.0138. The Kier molecular flexibility index (Phi) is 5.29. The summed E-state index contributed by atoms with van der Waals surface area (Å²) in [5.41, 5.74) is 0.738. The van der Waals surface area contributed by atoms with E-state index in [-0.39, 0.29) is 24.9 Å². The minimum Gasteiger partial charge on any atom is -0.375 e. The summed E-state index contributed by atoms with van der Waals surface area (Å²) in [4.78, 5) is 11.4. The van der Waals surface area contributed by atoms with E-state index in [0.717, 1.165) is 5.69 Å². The van der Waals surface area contributed by atoms with E-state index in [1.807, 2.05) is 6.26 Å². The fourth-order valence-electron chi connectivity index (χ4n) is 1.76. The number of carbonyl (C=O) groups is 1. The lowest BCUT2D eigenvalue weighted by Gasteiger charge is -2.10. The average molecular weight is 310 g/mol. The third-order valence-corrected chi connectivity index (χ3v) is 3.32. The van der Waals surface area contributed by atoms with Gasteiger partial charge in [-0.15, -0.1) is 10.2 Å². The summed E-state index contributed by atoms with van der Waals surface area (Å²) in [5, 5.41) is 11.5. The Morgan fingerprint density at radius 2 is 2.10 bits per heavy atom. The van der Waals surface area contributed by atoms with Gasteiger partial charge in [-0.05, 0) is 30.5 Å². The fraction of sp³-hybridized carbons (Fsp3) is 0.308. The Balaban J connectivity index is 2.24. The maximum atomic E-state index is 13.0. The third-order valence-electron chi connectivity index (χ3n) is 2.69. The Labute approximate surface area is 125 Å². The molecule has 0 unspecified atom stereocenters. The van der Waals surface area contributed by atoms with Crippen LogP contribution in [-0.2, 0) is 16.1 Å². The number of methoxy groups -OCH3 is 1. The van der Waals surface area contributed by atoms with Gasteiger partial charge in [0.2, 0.25) is 5.91 Å². The topological polar surface area (TPSA) is 69.0 Å². The highest BCUT2D eigenvalue weighted by atomic mass is 32.2. The molecule has 2 rings (SSSR count). The van der Waals surface area contributed by atoms with Gasteiger partial charge >= 0.3 is 0 Å². The second-order valence-corrected chi connectivity index (χ2v) is 4.90. The first-order chi connectivity index (χ1) is 10.2. The van der Waals surface area contributed by atoms with Crippen LogP contribution in [0.5, 0.6) is 0 Å². The maximum Gasteiger partial charge on any atom is 0.246 e. The van der Waals surface area contributed by atoms with Crippen LogP contribution in [0.25, 0.3) is 5.69 Å². The first-order valence-electron chi connectivity index (χ1n) is 6.15. The zero-order valence-electron chi connectivity index (χ0n) is 11.7.